The van der Waals surface area contributed by atoms with E-state index in [9.17, 15) is 23.1 Å². The van der Waals surface area contributed by atoms with E-state index in [1.807, 2.05) is 46.2 Å². The minimum atomic E-state index is -3.54. The van der Waals surface area contributed by atoms with Gasteiger partial charge in [-0.15, -0.1) is 24.8 Å². The second-order valence-corrected chi connectivity index (χ2v) is 14.4. The second-order valence-electron chi connectivity index (χ2n) is 12.5. The van der Waals surface area contributed by atoms with Crippen LogP contribution in [0.4, 0.5) is 0 Å². The van der Waals surface area contributed by atoms with Crippen LogP contribution >= 0.6 is 24.8 Å². The summed E-state index contributed by atoms with van der Waals surface area (Å²) in [4.78, 5) is 31.6. The molecule has 0 aliphatic carbocycles. The Hall–Kier alpha value is -2.22. The zero-order valence-electron chi connectivity index (χ0n) is 28.2. The Kier molecular flexibility index (Phi) is 14.1. The van der Waals surface area contributed by atoms with Gasteiger partial charge < -0.3 is 15.3 Å². The summed E-state index contributed by atoms with van der Waals surface area (Å²) in [5, 5.41) is 18.4. The lowest BCUT2D eigenvalue weighted by Gasteiger charge is -2.52. The molecule has 2 aliphatic rings. The number of nitrogens with one attached hydrogen (secondary N) is 1. The van der Waals surface area contributed by atoms with Crippen molar-refractivity contribution in [2.75, 3.05) is 32.7 Å². The number of rotatable bonds is 12. The molecule has 2 atom stereocenters. The first-order valence-corrected chi connectivity index (χ1v) is 17.4. The molecule has 1 aromatic heterocycles. The Morgan fingerprint density at radius 2 is 1.63 bits per heavy atom. The van der Waals surface area contributed by atoms with E-state index >= 15 is 0 Å². The maximum atomic E-state index is 13.6. The molecule has 0 radical (unpaired) electrons. The molecule has 2 saturated heterocycles. The van der Waals surface area contributed by atoms with Crippen LogP contribution in [0.25, 0.3) is 5.69 Å². The van der Waals surface area contributed by atoms with E-state index in [1.165, 1.54) is 4.31 Å². The van der Waals surface area contributed by atoms with E-state index < -0.39 is 27.7 Å². The highest BCUT2D eigenvalue weighted by molar-refractivity contribution is 7.89. The van der Waals surface area contributed by atoms with Crippen molar-refractivity contribution in [1.82, 2.24) is 29.2 Å². The van der Waals surface area contributed by atoms with Gasteiger partial charge in [0, 0.05) is 50.5 Å². The van der Waals surface area contributed by atoms with Crippen molar-refractivity contribution in [3.05, 3.63) is 41.2 Å². The lowest BCUT2D eigenvalue weighted by molar-refractivity contribution is -0.165. The third kappa shape index (κ3) is 7.57. The van der Waals surface area contributed by atoms with Gasteiger partial charge in [-0.1, -0.05) is 41.0 Å². The maximum Gasteiger partial charge on any atom is 0.248 e. The fraction of sp³-hybridized carbons (Fsp3) is 0.656. The maximum absolute atomic E-state index is 13.6. The van der Waals surface area contributed by atoms with E-state index in [-0.39, 0.29) is 47.4 Å². The van der Waals surface area contributed by atoms with Crippen molar-refractivity contribution in [3.63, 3.8) is 0 Å². The van der Waals surface area contributed by atoms with Crippen molar-refractivity contribution in [1.29, 1.82) is 0 Å². The quantitative estimate of drug-likeness (QED) is 0.344. The molecule has 1 spiro atoms. The SMILES string of the molecule is CCCCN1C(=O)[C@@H]([C@H](O)C(C)C)NC(=O)C12CCN(Cc1c(C)nn(-c3ccc(S(=O)(=O)N(CC)CC)cc3)c1C)CC2.Cl.Cl. The highest BCUT2D eigenvalue weighted by Gasteiger charge is 2.54. The average molecular weight is 704 g/mol. The van der Waals surface area contributed by atoms with Crippen LogP contribution in [0, 0.1) is 19.8 Å². The summed E-state index contributed by atoms with van der Waals surface area (Å²) in [6.45, 7) is 16.7. The molecule has 11 nitrogen and oxygen atoms in total. The molecular formula is C32H52Cl2N6O5S. The van der Waals surface area contributed by atoms with Crippen LogP contribution in [0.15, 0.2) is 29.2 Å². The van der Waals surface area contributed by atoms with E-state index in [2.05, 4.69) is 17.1 Å². The number of nitrogens with zero attached hydrogens (tertiary/aromatic N) is 5. The normalized spacial score (nSPS) is 19.3. The number of aryl methyl sites for hydroxylation is 1. The standard InChI is InChI=1S/C32H50N6O5S.2ClH/c1-8-11-18-37-30(40)28(29(39)22(4)5)33-31(41)32(37)16-19-35(20-17-32)21-27-23(6)34-38(24(27)7)25-12-14-26(15-13-25)44(42,43)36(9-2)10-3;;/h12-15,22,28-29,39H,8-11,16-21H2,1-7H3,(H,33,41);2*1H/t28-,29-;;/m1../s1. The predicted octanol–water partition coefficient (Wildman–Crippen LogP) is 3.84. The molecule has 0 bridgehead atoms. The molecular weight excluding hydrogens is 651 g/mol. The number of piperidine rings is 1. The van der Waals surface area contributed by atoms with Gasteiger partial charge in [0.2, 0.25) is 21.8 Å². The van der Waals surface area contributed by atoms with Crippen LogP contribution in [0.1, 0.15) is 77.3 Å². The largest absolute Gasteiger partial charge is 0.390 e. The predicted molar refractivity (Wildman–Crippen MR) is 184 cm³/mol. The summed E-state index contributed by atoms with van der Waals surface area (Å²) < 4.78 is 29.1. The van der Waals surface area contributed by atoms with Crippen molar-refractivity contribution >= 4 is 46.7 Å². The third-order valence-corrected chi connectivity index (χ3v) is 11.5. The molecule has 0 saturated carbocycles. The lowest BCUT2D eigenvalue weighted by atomic mass is 9.80. The fourth-order valence-electron chi connectivity index (χ4n) is 6.52. The van der Waals surface area contributed by atoms with E-state index in [0.717, 1.165) is 35.5 Å². The number of amides is 2. The molecule has 3 heterocycles. The van der Waals surface area contributed by atoms with E-state index in [4.69, 9.17) is 5.10 Å². The number of unbranched alkanes of at least 4 members (excludes halogenated alkanes) is 1. The van der Waals surface area contributed by atoms with E-state index in [0.29, 0.717) is 52.1 Å². The Morgan fingerprint density at radius 1 is 1.04 bits per heavy atom. The number of halogens is 2. The number of sulfonamides is 1. The van der Waals surface area contributed by atoms with Crippen LogP contribution in [0.2, 0.25) is 0 Å². The number of likely N-dealkylation sites (tertiary alicyclic amines) is 1. The van der Waals surface area contributed by atoms with Gasteiger partial charge in [-0.25, -0.2) is 13.1 Å². The first-order valence-electron chi connectivity index (χ1n) is 16.0. The molecule has 4 rings (SSSR count). The molecule has 260 valence electrons. The number of hydrogen-bond donors (Lipinski definition) is 2. The van der Waals surface area contributed by atoms with Crippen LogP contribution < -0.4 is 5.32 Å². The molecule has 46 heavy (non-hydrogen) atoms. The molecule has 2 aliphatic heterocycles. The first-order chi connectivity index (χ1) is 20.8. The summed E-state index contributed by atoms with van der Waals surface area (Å²) in [5.74, 6) is -0.500. The van der Waals surface area contributed by atoms with Gasteiger partial charge in [-0.05, 0) is 63.3 Å². The number of carbonyl (C=O) groups excluding carboxylic acids is 2. The zero-order chi connectivity index (χ0) is 32.4. The van der Waals surface area contributed by atoms with Gasteiger partial charge in [0.25, 0.3) is 0 Å². The smallest absolute Gasteiger partial charge is 0.248 e. The van der Waals surface area contributed by atoms with Gasteiger partial charge in [-0.2, -0.15) is 9.40 Å². The topological polar surface area (TPSA) is 128 Å². The van der Waals surface area contributed by atoms with Gasteiger partial charge >= 0.3 is 0 Å². The van der Waals surface area contributed by atoms with Crippen molar-refractivity contribution < 1.29 is 23.1 Å². The van der Waals surface area contributed by atoms with Crippen LogP contribution in [0.5, 0.6) is 0 Å². The molecule has 2 N–H and O–H groups in total. The highest BCUT2D eigenvalue weighted by atomic mass is 35.5. The summed E-state index contributed by atoms with van der Waals surface area (Å²) >= 11 is 0. The Bertz CT molecular complexity index is 1440. The van der Waals surface area contributed by atoms with Gasteiger partial charge in [-0.3, -0.25) is 14.5 Å². The molecule has 1 aromatic carbocycles. The zero-order valence-corrected chi connectivity index (χ0v) is 30.6. The second kappa shape index (κ2) is 16.3. The van der Waals surface area contributed by atoms with Crippen LogP contribution in [0.3, 0.4) is 0 Å². The first kappa shape index (κ1) is 40.0. The number of carbonyl (C=O) groups is 2. The van der Waals surface area contributed by atoms with Crippen LogP contribution in [-0.4, -0.2) is 99.6 Å². The summed E-state index contributed by atoms with van der Waals surface area (Å²) in [6, 6.07) is 5.93. The number of piperazine rings is 1. The average Bonchev–Trinajstić information content (AvgIpc) is 3.28. The number of aromatic nitrogens is 2. The highest BCUT2D eigenvalue weighted by Crippen LogP contribution is 2.35. The summed E-state index contributed by atoms with van der Waals surface area (Å²) in [6.07, 6.45) is 1.82. The third-order valence-electron chi connectivity index (χ3n) is 9.45. The Labute approximate surface area is 286 Å². The lowest BCUT2D eigenvalue weighted by Crippen LogP contribution is -2.74. The summed E-state index contributed by atoms with van der Waals surface area (Å²) in [7, 11) is -3.54. The minimum absolute atomic E-state index is 0. The molecule has 14 heteroatoms. The molecule has 2 fully saturated rings. The van der Waals surface area contributed by atoms with Crippen molar-refractivity contribution in [2.24, 2.45) is 5.92 Å². The molecule has 0 unspecified atom stereocenters. The minimum Gasteiger partial charge on any atom is -0.390 e. The van der Waals surface area contributed by atoms with Crippen molar-refractivity contribution in [3.8, 4) is 5.69 Å². The molecule has 2 amide bonds. The van der Waals surface area contributed by atoms with Crippen LogP contribution in [-0.2, 0) is 26.2 Å². The summed E-state index contributed by atoms with van der Waals surface area (Å²) in [5.41, 5.74) is 2.84. The monoisotopic (exact) mass is 702 g/mol. The van der Waals surface area contributed by atoms with Gasteiger partial charge in [0.05, 0.1) is 22.4 Å². The Balaban J connectivity index is 0.00000368. The number of aliphatic hydroxyl groups is 1. The van der Waals surface area contributed by atoms with Gasteiger partial charge in [0.1, 0.15) is 11.6 Å². The number of hydrogen-bond acceptors (Lipinski definition) is 7. The number of aliphatic hydroxyl groups excluding tert-OH is 1. The van der Waals surface area contributed by atoms with Gasteiger partial charge in [0.15, 0.2) is 0 Å². The Morgan fingerprint density at radius 3 is 2.15 bits per heavy atom. The van der Waals surface area contributed by atoms with E-state index in [1.54, 1.807) is 29.2 Å². The fourth-order valence-corrected chi connectivity index (χ4v) is 7.98. The number of benzene rings is 1. The van der Waals surface area contributed by atoms with Crippen molar-refractivity contribution in [2.45, 2.75) is 103 Å². The molecule has 2 aromatic rings.